The number of aromatic nitrogens is 4. The zero-order valence-corrected chi connectivity index (χ0v) is 18.9. The number of thiazole rings is 1. The van der Waals surface area contributed by atoms with Crippen molar-refractivity contribution < 1.29 is 13.9 Å². The van der Waals surface area contributed by atoms with Gasteiger partial charge in [-0.05, 0) is 38.1 Å². The Bertz CT molecular complexity index is 1180. The molecule has 1 amide bonds. The molecule has 0 fully saturated rings. The highest BCUT2D eigenvalue weighted by Crippen LogP contribution is 2.31. The Kier molecular flexibility index (Phi) is 6.81. The second-order valence-electron chi connectivity index (χ2n) is 6.79. The summed E-state index contributed by atoms with van der Waals surface area (Å²) in [7, 11) is 0. The molecule has 164 valence electrons. The number of para-hydroxylation sites is 2. The van der Waals surface area contributed by atoms with E-state index in [4.69, 9.17) is 4.74 Å². The normalized spacial score (nSPS) is 12.8. The summed E-state index contributed by atoms with van der Waals surface area (Å²) in [5.74, 6) is -0.0144. The Morgan fingerprint density at radius 2 is 1.88 bits per heavy atom. The molecule has 2 atom stereocenters. The van der Waals surface area contributed by atoms with Gasteiger partial charge in [0.05, 0.1) is 5.25 Å². The quantitative estimate of drug-likeness (QED) is 0.361. The molecule has 2 aromatic heterocycles. The minimum atomic E-state index is -0.589. The summed E-state index contributed by atoms with van der Waals surface area (Å²) in [5.41, 5.74) is 0.812. The average Bonchev–Trinajstić information content (AvgIpc) is 3.46. The zero-order valence-electron chi connectivity index (χ0n) is 17.3. The van der Waals surface area contributed by atoms with E-state index in [9.17, 15) is 9.18 Å². The molecule has 0 saturated carbocycles. The van der Waals surface area contributed by atoms with Crippen LogP contribution in [0, 0.1) is 5.82 Å². The average molecular weight is 470 g/mol. The van der Waals surface area contributed by atoms with Gasteiger partial charge in [0.25, 0.3) is 0 Å². The zero-order chi connectivity index (χ0) is 22.5. The number of carbonyl (C=O) groups excluding carboxylic acids is 1. The molecular weight excluding hydrogens is 449 g/mol. The number of halogens is 1. The minimum Gasteiger partial charge on any atom is -0.480 e. The summed E-state index contributed by atoms with van der Waals surface area (Å²) in [4.78, 5) is 16.7. The molecule has 0 saturated heterocycles. The predicted molar refractivity (Wildman–Crippen MR) is 123 cm³/mol. The van der Waals surface area contributed by atoms with Crippen LogP contribution in [0.15, 0.2) is 71.3 Å². The van der Waals surface area contributed by atoms with Gasteiger partial charge in [0.2, 0.25) is 5.91 Å². The van der Waals surface area contributed by atoms with Crippen LogP contribution in [0.25, 0.3) is 5.69 Å². The number of ether oxygens (including phenoxy) is 1. The summed E-state index contributed by atoms with van der Waals surface area (Å²) in [6.07, 6.45) is 1.04. The van der Waals surface area contributed by atoms with E-state index in [1.807, 2.05) is 34.9 Å². The molecule has 2 unspecified atom stereocenters. The van der Waals surface area contributed by atoms with Crippen molar-refractivity contribution in [1.82, 2.24) is 19.7 Å². The first-order valence-corrected chi connectivity index (χ1v) is 11.6. The van der Waals surface area contributed by atoms with Gasteiger partial charge in [0, 0.05) is 17.3 Å². The van der Waals surface area contributed by atoms with Gasteiger partial charge in [0.1, 0.15) is 0 Å². The smallest absolute Gasteiger partial charge is 0.239 e. The molecule has 0 aliphatic rings. The number of carbonyl (C=O) groups is 1. The lowest BCUT2D eigenvalue weighted by Gasteiger charge is -2.17. The second kappa shape index (κ2) is 9.92. The van der Waals surface area contributed by atoms with Gasteiger partial charge < -0.3 is 10.1 Å². The lowest BCUT2D eigenvalue weighted by atomic mass is 10.3. The van der Waals surface area contributed by atoms with E-state index in [-0.39, 0.29) is 11.7 Å². The SMILES string of the molecule is CC(Sc1nnc(C(C)Oc2ccccc2F)n1-c1ccccc1)C(=O)Nc1nccs1. The van der Waals surface area contributed by atoms with Crippen LogP contribution in [0.4, 0.5) is 9.52 Å². The highest BCUT2D eigenvalue weighted by Gasteiger charge is 2.25. The highest BCUT2D eigenvalue weighted by molar-refractivity contribution is 8.00. The predicted octanol–water partition coefficient (Wildman–Crippen LogP) is 5.12. The van der Waals surface area contributed by atoms with E-state index in [1.165, 1.54) is 29.2 Å². The van der Waals surface area contributed by atoms with E-state index < -0.39 is 17.2 Å². The molecule has 0 aliphatic heterocycles. The Morgan fingerprint density at radius 3 is 2.59 bits per heavy atom. The van der Waals surface area contributed by atoms with Crippen molar-refractivity contribution in [3.8, 4) is 11.4 Å². The maximum absolute atomic E-state index is 14.1. The van der Waals surface area contributed by atoms with Gasteiger partial charge in [-0.2, -0.15) is 0 Å². The fourth-order valence-corrected chi connectivity index (χ4v) is 4.33. The molecule has 4 aromatic rings. The molecule has 0 aliphatic carbocycles. The van der Waals surface area contributed by atoms with Crippen molar-refractivity contribution in [3.05, 3.63) is 77.8 Å². The molecule has 4 rings (SSSR count). The topological polar surface area (TPSA) is 81.9 Å². The largest absolute Gasteiger partial charge is 0.480 e. The first-order chi connectivity index (χ1) is 15.5. The number of nitrogens with one attached hydrogen (secondary N) is 1. The molecule has 32 heavy (non-hydrogen) atoms. The van der Waals surface area contributed by atoms with Gasteiger partial charge in [-0.1, -0.05) is 42.1 Å². The lowest BCUT2D eigenvalue weighted by Crippen LogP contribution is -2.23. The van der Waals surface area contributed by atoms with Gasteiger partial charge in [-0.15, -0.1) is 21.5 Å². The van der Waals surface area contributed by atoms with Gasteiger partial charge in [-0.25, -0.2) is 9.37 Å². The Balaban J connectivity index is 1.61. The molecule has 7 nitrogen and oxygen atoms in total. The summed E-state index contributed by atoms with van der Waals surface area (Å²) in [6, 6.07) is 15.7. The lowest BCUT2D eigenvalue weighted by molar-refractivity contribution is -0.115. The number of benzene rings is 2. The summed E-state index contributed by atoms with van der Waals surface area (Å²) in [5, 5.41) is 13.8. The maximum atomic E-state index is 14.1. The van der Waals surface area contributed by atoms with E-state index in [0.29, 0.717) is 16.1 Å². The molecule has 0 bridgehead atoms. The van der Waals surface area contributed by atoms with Crippen molar-refractivity contribution in [2.45, 2.75) is 30.4 Å². The van der Waals surface area contributed by atoms with E-state index in [0.717, 1.165) is 5.69 Å². The third-order valence-electron chi connectivity index (χ3n) is 4.49. The van der Waals surface area contributed by atoms with Crippen LogP contribution in [0.5, 0.6) is 5.75 Å². The first kappa shape index (κ1) is 22.0. The van der Waals surface area contributed by atoms with Crippen molar-refractivity contribution >= 4 is 34.1 Å². The van der Waals surface area contributed by atoms with Gasteiger partial charge in [-0.3, -0.25) is 9.36 Å². The van der Waals surface area contributed by atoms with Crippen LogP contribution >= 0.6 is 23.1 Å². The van der Waals surface area contributed by atoms with Crippen LogP contribution in [-0.2, 0) is 4.79 Å². The number of hydrogen-bond donors (Lipinski definition) is 1. The molecule has 10 heteroatoms. The van der Waals surface area contributed by atoms with Crippen LogP contribution in [0.2, 0.25) is 0 Å². The number of thioether (sulfide) groups is 1. The summed E-state index contributed by atoms with van der Waals surface area (Å²) >= 11 is 2.62. The fourth-order valence-electron chi connectivity index (χ4n) is 2.93. The van der Waals surface area contributed by atoms with Gasteiger partial charge in [0.15, 0.2) is 33.8 Å². The van der Waals surface area contributed by atoms with Crippen molar-refractivity contribution in [3.63, 3.8) is 0 Å². The van der Waals surface area contributed by atoms with Crippen LogP contribution in [0.1, 0.15) is 25.8 Å². The van der Waals surface area contributed by atoms with Crippen molar-refractivity contribution in [2.75, 3.05) is 5.32 Å². The monoisotopic (exact) mass is 469 g/mol. The van der Waals surface area contributed by atoms with Crippen LogP contribution in [0.3, 0.4) is 0 Å². The molecule has 2 heterocycles. The number of hydrogen-bond acceptors (Lipinski definition) is 7. The fraction of sp³-hybridized carbons (Fsp3) is 0.182. The first-order valence-electron chi connectivity index (χ1n) is 9.82. The molecule has 0 radical (unpaired) electrons. The Labute approximate surface area is 192 Å². The van der Waals surface area contributed by atoms with E-state index in [2.05, 4.69) is 20.5 Å². The standard InChI is InChI=1S/C22H20FN5O2S2/c1-14(30-18-11-7-6-10-17(18)23)19-26-27-22(28(19)16-8-4-3-5-9-16)32-15(2)20(29)25-21-24-12-13-31-21/h3-15H,1-2H3,(H,24,25,29). The Hall–Kier alpha value is -3.24. The van der Waals surface area contributed by atoms with Crippen LogP contribution < -0.4 is 10.1 Å². The number of nitrogens with zero attached hydrogens (tertiary/aromatic N) is 4. The maximum Gasteiger partial charge on any atom is 0.239 e. The molecular formula is C22H20FN5O2S2. The van der Waals surface area contributed by atoms with E-state index in [1.54, 1.807) is 43.6 Å². The highest BCUT2D eigenvalue weighted by atomic mass is 32.2. The molecule has 2 aromatic carbocycles. The number of rotatable bonds is 8. The minimum absolute atomic E-state index is 0.132. The molecule has 1 N–H and O–H groups in total. The van der Waals surface area contributed by atoms with Crippen LogP contribution in [-0.4, -0.2) is 30.9 Å². The third kappa shape index (κ3) is 4.97. The summed E-state index contributed by atoms with van der Waals surface area (Å²) in [6.45, 7) is 3.57. The third-order valence-corrected chi connectivity index (χ3v) is 6.22. The Morgan fingerprint density at radius 1 is 1.12 bits per heavy atom. The van der Waals surface area contributed by atoms with Gasteiger partial charge >= 0.3 is 0 Å². The van der Waals surface area contributed by atoms with Crippen molar-refractivity contribution in [1.29, 1.82) is 0 Å². The number of amides is 1. The number of anilines is 1. The molecule has 0 spiro atoms. The summed E-state index contributed by atoms with van der Waals surface area (Å²) < 4.78 is 21.7. The van der Waals surface area contributed by atoms with Crippen molar-refractivity contribution in [2.24, 2.45) is 0 Å². The second-order valence-corrected chi connectivity index (χ2v) is 8.99. The van der Waals surface area contributed by atoms with E-state index >= 15 is 0 Å².